The smallest absolute Gasteiger partial charge is 0.350 e. The van der Waals surface area contributed by atoms with Crippen LogP contribution in [-0.4, -0.2) is 74.6 Å². The third-order valence-electron chi connectivity index (χ3n) is 9.01. The Balaban J connectivity index is 0.925. The van der Waals surface area contributed by atoms with Crippen LogP contribution in [0.4, 0.5) is 20.2 Å². The maximum Gasteiger partial charge on any atom is 0.350 e. The Labute approximate surface area is 282 Å². The zero-order chi connectivity index (χ0) is 34.0. The second kappa shape index (κ2) is 13.8. The SMILES string of the molecule is C[CH][C@H](C)n1ncn(-c2ccc(N3CCN(c4ccc(OC[C@H]5CO[C@@](Cn6cncn6)(c6ccc(F)cc6F)O5)cc4)CC3)cc2)c1=O. The first-order valence-electron chi connectivity index (χ1n) is 16.2. The van der Waals surface area contributed by atoms with Gasteiger partial charge in [-0.05, 0) is 74.0 Å². The number of piperazine rings is 1. The van der Waals surface area contributed by atoms with Crippen molar-refractivity contribution in [2.45, 2.75) is 38.3 Å². The fourth-order valence-corrected chi connectivity index (χ4v) is 6.19. The highest BCUT2D eigenvalue weighted by atomic mass is 19.1. The van der Waals surface area contributed by atoms with Crippen molar-refractivity contribution in [3.8, 4) is 11.4 Å². The van der Waals surface area contributed by atoms with E-state index in [1.807, 2.05) is 68.8 Å². The van der Waals surface area contributed by atoms with Crippen LogP contribution >= 0.6 is 0 Å². The second-order valence-electron chi connectivity index (χ2n) is 12.1. The van der Waals surface area contributed by atoms with Crippen molar-refractivity contribution in [2.24, 2.45) is 0 Å². The quantitative estimate of drug-likeness (QED) is 0.203. The Morgan fingerprint density at radius 1 is 0.939 bits per heavy atom. The predicted octanol–water partition coefficient (Wildman–Crippen LogP) is 4.36. The molecule has 7 rings (SSSR count). The zero-order valence-electron chi connectivity index (χ0n) is 27.2. The highest BCUT2D eigenvalue weighted by molar-refractivity contribution is 5.54. The van der Waals surface area contributed by atoms with Crippen LogP contribution in [0.3, 0.4) is 0 Å². The molecule has 0 bridgehead atoms. The van der Waals surface area contributed by atoms with Crippen molar-refractivity contribution in [3.63, 3.8) is 0 Å². The molecule has 2 aliphatic heterocycles. The van der Waals surface area contributed by atoms with Crippen LogP contribution < -0.4 is 20.2 Å². The Kier molecular flexibility index (Phi) is 9.15. The van der Waals surface area contributed by atoms with Crippen LogP contribution in [0.25, 0.3) is 5.69 Å². The molecule has 0 amide bonds. The van der Waals surface area contributed by atoms with E-state index < -0.39 is 23.5 Å². The number of nitrogens with zero attached hydrogens (tertiary/aromatic N) is 8. The summed E-state index contributed by atoms with van der Waals surface area (Å²) in [5, 5.41) is 8.36. The van der Waals surface area contributed by atoms with Gasteiger partial charge in [-0.3, -0.25) is 0 Å². The van der Waals surface area contributed by atoms with Gasteiger partial charge in [0.15, 0.2) is 0 Å². The van der Waals surface area contributed by atoms with Gasteiger partial charge in [-0.25, -0.2) is 32.5 Å². The number of anilines is 2. The highest BCUT2D eigenvalue weighted by Gasteiger charge is 2.46. The predicted molar refractivity (Wildman–Crippen MR) is 178 cm³/mol. The molecule has 12 nitrogen and oxygen atoms in total. The summed E-state index contributed by atoms with van der Waals surface area (Å²) in [6.07, 6.45) is 5.84. The average Bonchev–Trinajstić information content (AvgIpc) is 3.88. The van der Waals surface area contributed by atoms with Crippen LogP contribution in [0, 0.1) is 18.1 Å². The second-order valence-corrected chi connectivity index (χ2v) is 12.1. The number of rotatable bonds is 11. The van der Waals surface area contributed by atoms with Crippen molar-refractivity contribution in [3.05, 3.63) is 120 Å². The summed E-state index contributed by atoms with van der Waals surface area (Å²) in [6.45, 7) is 7.60. The van der Waals surface area contributed by atoms with Crippen LogP contribution in [0.1, 0.15) is 25.5 Å². The summed E-state index contributed by atoms with van der Waals surface area (Å²) in [5.41, 5.74) is 2.90. The van der Waals surface area contributed by atoms with Crippen LogP contribution in [0.2, 0.25) is 0 Å². The van der Waals surface area contributed by atoms with Gasteiger partial charge in [0.05, 0.1) is 18.3 Å². The Morgan fingerprint density at radius 3 is 2.24 bits per heavy atom. The maximum absolute atomic E-state index is 14.9. The normalized spacial score (nSPS) is 20.1. The summed E-state index contributed by atoms with van der Waals surface area (Å²) >= 11 is 0. The minimum atomic E-state index is -1.51. The first-order chi connectivity index (χ1) is 23.8. The standard InChI is InChI=1S/C35H37F2N8O4/c1-3-25(2)45-34(46)44(24-40-45)29-7-5-27(6-8-29)41-14-16-42(17-15-41)28-9-11-30(12-10-28)47-19-31-20-48-35(49-31,21-43-23-38-22-39-43)32-13-4-26(36)18-33(32)37/h3-13,18,22-25,31H,14-17,19-21H2,1-2H3/t25-,31-,35+/m0/s1. The van der Waals surface area contributed by atoms with E-state index in [0.29, 0.717) is 5.75 Å². The van der Waals surface area contributed by atoms with Crippen molar-refractivity contribution >= 4 is 11.4 Å². The van der Waals surface area contributed by atoms with Crippen LogP contribution in [0.15, 0.2) is 90.5 Å². The molecule has 0 spiro atoms. The lowest BCUT2D eigenvalue weighted by Crippen LogP contribution is -2.46. The van der Waals surface area contributed by atoms with Gasteiger partial charge in [0.2, 0.25) is 5.79 Å². The summed E-state index contributed by atoms with van der Waals surface area (Å²) in [7, 11) is 0. The molecule has 2 saturated heterocycles. The van der Waals surface area contributed by atoms with Crippen LogP contribution in [0.5, 0.6) is 5.75 Å². The third-order valence-corrected chi connectivity index (χ3v) is 9.01. The van der Waals surface area contributed by atoms with E-state index in [0.717, 1.165) is 49.3 Å². The summed E-state index contributed by atoms with van der Waals surface area (Å²) in [5.74, 6) is -2.30. The van der Waals surface area contributed by atoms with E-state index in [1.54, 1.807) is 10.9 Å². The Morgan fingerprint density at radius 2 is 1.61 bits per heavy atom. The van der Waals surface area contributed by atoms with Gasteiger partial charge < -0.3 is 24.0 Å². The number of aromatic nitrogens is 6. The monoisotopic (exact) mass is 671 g/mol. The third kappa shape index (κ3) is 6.78. The fraction of sp³-hybridized carbons (Fsp3) is 0.343. The Hall–Kier alpha value is -5.08. The molecule has 3 aromatic carbocycles. The molecule has 2 aliphatic rings. The minimum Gasteiger partial charge on any atom is -0.491 e. The minimum absolute atomic E-state index is 0.0324. The van der Waals surface area contributed by atoms with Crippen LogP contribution in [-0.2, 0) is 21.8 Å². The summed E-state index contributed by atoms with van der Waals surface area (Å²) in [4.78, 5) is 21.4. The number of hydrogen-bond acceptors (Lipinski definition) is 9. The molecule has 0 N–H and O–H groups in total. The van der Waals surface area contributed by atoms with Gasteiger partial charge in [-0.1, -0.05) is 6.92 Å². The van der Waals surface area contributed by atoms with Gasteiger partial charge >= 0.3 is 5.69 Å². The average molecular weight is 672 g/mol. The fourth-order valence-electron chi connectivity index (χ4n) is 6.19. The maximum atomic E-state index is 14.9. The summed E-state index contributed by atoms with van der Waals surface area (Å²) in [6, 6.07) is 19.1. The lowest BCUT2D eigenvalue weighted by atomic mass is 10.0. The molecule has 14 heteroatoms. The van der Waals surface area contributed by atoms with Crippen molar-refractivity contribution in [1.29, 1.82) is 0 Å². The molecular formula is C35H37F2N8O4. The van der Waals surface area contributed by atoms with E-state index in [9.17, 15) is 13.6 Å². The molecule has 0 unspecified atom stereocenters. The van der Waals surface area contributed by atoms with Crippen molar-refractivity contribution < 1.29 is 23.0 Å². The molecule has 5 aromatic rings. The van der Waals surface area contributed by atoms with E-state index in [1.165, 1.54) is 34.2 Å². The van der Waals surface area contributed by atoms with Gasteiger partial charge in [0.25, 0.3) is 0 Å². The zero-order valence-corrected chi connectivity index (χ0v) is 27.2. The first kappa shape index (κ1) is 32.5. The molecule has 2 aromatic heterocycles. The van der Waals surface area contributed by atoms with E-state index in [2.05, 4.69) is 25.0 Å². The summed E-state index contributed by atoms with van der Waals surface area (Å²) < 4.78 is 51.3. The van der Waals surface area contributed by atoms with Crippen molar-refractivity contribution in [1.82, 2.24) is 29.1 Å². The molecule has 255 valence electrons. The molecule has 0 aliphatic carbocycles. The molecule has 0 saturated carbocycles. The number of ether oxygens (including phenoxy) is 3. The van der Waals surface area contributed by atoms with Gasteiger partial charge in [-0.15, -0.1) is 0 Å². The van der Waals surface area contributed by atoms with E-state index in [4.69, 9.17) is 14.2 Å². The lowest BCUT2D eigenvalue weighted by molar-refractivity contribution is -0.192. The highest BCUT2D eigenvalue weighted by Crippen LogP contribution is 2.38. The molecule has 2 fully saturated rings. The number of hydrogen-bond donors (Lipinski definition) is 0. The molecule has 3 atom stereocenters. The Bertz CT molecular complexity index is 1910. The molecular weight excluding hydrogens is 634 g/mol. The molecule has 1 radical (unpaired) electrons. The largest absolute Gasteiger partial charge is 0.491 e. The van der Waals surface area contributed by atoms with E-state index in [-0.39, 0.29) is 37.1 Å². The lowest BCUT2D eigenvalue weighted by Gasteiger charge is -2.37. The number of halogens is 2. The molecule has 49 heavy (non-hydrogen) atoms. The number of benzene rings is 3. The van der Waals surface area contributed by atoms with E-state index >= 15 is 0 Å². The van der Waals surface area contributed by atoms with Gasteiger partial charge in [-0.2, -0.15) is 10.2 Å². The van der Waals surface area contributed by atoms with Gasteiger partial charge in [0, 0.05) is 49.2 Å². The van der Waals surface area contributed by atoms with Gasteiger partial charge in [0.1, 0.15) is 55.6 Å². The topological polar surface area (TPSA) is 105 Å². The first-order valence-corrected chi connectivity index (χ1v) is 16.2. The molecule has 4 heterocycles. The van der Waals surface area contributed by atoms with Crippen molar-refractivity contribution in [2.75, 3.05) is 49.2 Å².